The largest absolute Gasteiger partial charge is 0.463 e. The number of carbonyl (C=O) groups excluding carboxylic acids is 3. The van der Waals surface area contributed by atoms with Crippen LogP contribution in [-0.4, -0.2) is 72.9 Å². The van der Waals surface area contributed by atoms with E-state index in [9.17, 15) is 19.5 Å². The van der Waals surface area contributed by atoms with Crippen molar-refractivity contribution in [1.29, 1.82) is 0 Å². The molecule has 5 rings (SSSR count). The molecule has 3 heterocycles. The van der Waals surface area contributed by atoms with Crippen LogP contribution in [0.2, 0.25) is 0 Å². The van der Waals surface area contributed by atoms with Gasteiger partial charge in [-0.05, 0) is 32.1 Å². The van der Waals surface area contributed by atoms with Crippen LogP contribution in [0, 0.1) is 16.7 Å². The van der Waals surface area contributed by atoms with Gasteiger partial charge in [0.25, 0.3) is 0 Å². The van der Waals surface area contributed by atoms with Crippen LogP contribution in [0.3, 0.4) is 0 Å². The summed E-state index contributed by atoms with van der Waals surface area (Å²) >= 11 is 0. The molecule has 3 aliphatic heterocycles. The van der Waals surface area contributed by atoms with E-state index < -0.39 is 52.5 Å². The van der Waals surface area contributed by atoms with Gasteiger partial charge >= 0.3 is 17.9 Å². The summed E-state index contributed by atoms with van der Waals surface area (Å²) in [6, 6.07) is 0. The van der Waals surface area contributed by atoms with E-state index in [1.807, 2.05) is 0 Å². The lowest BCUT2D eigenvalue weighted by atomic mass is 9.51. The first-order valence-corrected chi connectivity index (χ1v) is 12.6. The number of carbonyl (C=O) groups is 3. The van der Waals surface area contributed by atoms with E-state index in [0.29, 0.717) is 25.9 Å². The number of hydrogen-bond donors (Lipinski definition) is 1. The summed E-state index contributed by atoms with van der Waals surface area (Å²) in [6.07, 6.45) is 7.08. The lowest BCUT2D eigenvalue weighted by Gasteiger charge is -2.58. The highest BCUT2D eigenvalue weighted by molar-refractivity contribution is 5.84. The fraction of sp³-hybridized carbons (Fsp3) is 0.667. The summed E-state index contributed by atoms with van der Waals surface area (Å²) in [5, 5.41) is 10.6. The number of aliphatic hydroxyl groups is 1. The second-order valence-corrected chi connectivity index (χ2v) is 11.0. The number of esters is 3. The van der Waals surface area contributed by atoms with E-state index in [1.54, 1.807) is 6.92 Å². The van der Waals surface area contributed by atoms with E-state index in [1.165, 1.54) is 29.9 Å². The van der Waals surface area contributed by atoms with Gasteiger partial charge in [0.2, 0.25) is 0 Å². The second kappa shape index (κ2) is 9.11. The normalized spacial score (nSPS) is 46.8. The van der Waals surface area contributed by atoms with Crippen molar-refractivity contribution in [3.63, 3.8) is 0 Å². The SMILES string of the molecule is CC1=CC[C@@]23COC(=O)[C@@H](O)[C@H](C)CCOC(=O)/C=C/C=C\C(=O)O[C@@H]4C[C@@H](O[C@@H]2C1)[C@@]1(CO1)[C@]43C. The van der Waals surface area contributed by atoms with E-state index in [4.69, 9.17) is 23.7 Å². The average Bonchev–Trinajstić information content (AvgIpc) is 3.62. The van der Waals surface area contributed by atoms with Crippen LogP contribution in [-0.2, 0) is 38.1 Å². The Morgan fingerprint density at radius 1 is 1.00 bits per heavy atom. The monoisotopic (exact) mass is 502 g/mol. The van der Waals surface area contributed by atoms with Gasteiger partial charge < -0.3 is 28.8 Å². The molecule has 1 saturated carbocycles. The molecule has 196 valence electrons. The molecular formula is C27H34O9. The predicted octanol–water partition coefficient (Wildman–Crippen LogP) is 2.17. The highest BCUT2D eigenvalue weighted by atomic mass is 16.6. The van der Waals surface area contributed by atoms with E-state index in [2.05, 4.69) is 19.9 Å². The van der Waals surface area contributed by atoms with E-state index in [0.717, 1.165) is 0 Å². The Hall–Kier alpha value is -2.49. The summed E-state index contributed by atoms with van der Waals surface area (Å²) in [7, 11) is 0. The molecule has 2 aliphatic carbocycles. The van der Waals surface area contributed by atoms with Crippen LogP contribution in [0.5, 0.6) is 0 Å². The topological polar surface area (TPSA) is 121 Å². The standard InChI is InChI=1S/C27H34O9/c1-16-8-10-26-14-33-24(31)23(30)17(2)9-11-32-21(28)6-4-5-7-22(29)36-18-13-20(35-19(26)12-16)27(15-34-27)25(18,26)3/h4-8,17-20,23,30H,9-15H2,1-3H3/b6-4+,7-5-/t17-,18-,19-,20-,23+,25-,26-,27+/m1/s1. The number of cyclic esters (lactones) is 2. The molecule has 0 amide bonds. The van der Waals surface area contributed by atoms with Crippen LogP contribution >= 0.6 is 0 Å². The first-order chi connectivity index (χ1) is 17.1. The van der Waals surface area contributed by atoms with Gasteiger partial charge in [-0.25, -0.2) is 14.4 Å². The third-order valence-corrected chi connectivity index (χ3v) is 9.13. The van der Waals surface area contributed by atoms with Crippen molar-refractivity contribution in [2.75, 3.05) is 19.8 Å². The highest BCUT2D eigenvalue weighted by Crippen LogP contribution is 2.72. The maximum atomic E-state index is 12.9. The molecule has 0 unspecified atom stereocenters. The number of epoxide rings is 1. The third kappa shape index (κ3) is 3.83. The molecule has 2 spiro atoms. The Morgan fingerprint density at radius 3 is 2.44 bits per heavy atom. The Labute approximate surface area is 210 Å². The Kier molecular flexibility index (Phi) is 6.37. The highest BCUT2D eigenvalue weighted by Gasteiger charge is 2.83. The van der Waals surface area contributed by atoms with Gasteiger partial charge in [-0.1, -0.05) is 37.6 Å². The maximum absolute atomic E-state index is 12.9. The minimum Gasteiger partial charge on any atom is -0.463 e. The molecule has 1 N–H and O–H groups in total. The molecule has 0 radical (unpaired) electrons. The quantitative estimate of drug-likeness (QED) is 0.230. The fourth-order valence-corrected chi connectivity index (χ4v) is 6.66. The molecule has 36 heavy (non-hydrogen) atoms. The third-order valence-electron chi connectivity index (χ3n) is 9.13. The molecule has 0 aromatic heterocycles. The van der Waals surface area contributed by atoms with Gasteiger partial charge in [-0.15, -0.1) is 0 Å². The van der Waals surface area contributed by atoms with E-state index in [-0.39, 0.29) is 31.8 Å². The number of rotatable bonds is 0. The second-order valence-electron chi connectivity index (χ2n) is 11.0. The summed E-state index contributed by atoms with van der Waals surface area (Å²) in [5.74, 6) is -2.34. The summed E-state index contributed by atoms with van der Waals surface area (Å²) < 4.78 is 29.6. The van der Waals surface area contributed by atoms with Crippen molar-refractivity contribution in [2.45, 2.75) is 76.5 Å². The minimum atomic E-state index is -1.37. The number of allylic oxidation sites excluding steroid dienone is 3. The number of aliphatic hydroxyl groups excluding tert-OH is 1. The van der Waals surface area contributed by atoms with Gasteiger partial charge in [-0.3, -0.25) is 0 Å². The Balaban J connectivity index is 1.52. The van der Waals surface area contributed by atoms with Crippen molar-refractivity contribution in [2.24, 2.45) is 16.7 Å². The van der Waals surface area contributed by atoms with Gasteiger partial charge in [0, 0.05) is 24.0 Å². The minimum absolute atomic E-state index is 0.00000344. The first-order valence-electron chi connectivity index (χ1n) is 12.6. The zero-order chi connectivity index (χ0) is 25.7. The molecular weight excluding hydrogens is 468 g/mol. The zero-order valence-corrected chi connectivity index (χ0v) is 20.9. The van der Waals surface area contributed by atoms with Crippen molar-refractivity contribution in [3.05, 3.63) is 36.0 Å². The van der Waals surface area contributed by atoms with Crippen LogP contribution in [0.25, 0.3) is 0 Å². The van der Waals surface area contributed by atoms with Gasteiger partial charge in [0.15, 0.2) is 6.10 Å². The molecule has 8 atom stereocenters. The van der Waals surface area contributed by atoms with Gasteiger partial charge in [0.1, 0.15) is 18.3 Å². The predicted molar refractivity (Wildman–Crippen MR) is 125 cm³/mol. The van der Waals surface area contributed by atoms with Gasteiger partial charge in [0.05, 0.1) is 30.8 Å². The molecule has 2 saturated heterocycles. The number of ether oxygens (including phenoxy) is 5. The van der Waals surface area contributed by atoms with Crippen LogP contribution in [0.4, 0.5) is 0 Å². The molecule has 0 aromatic rings. The molecule has 5 aliphatic rings. The van der Waals surface area contributed by atoms with Crippen LogP contribution in [0.15, 0.2) is 36.0 Å². The number of hydrogen-bond acceptors (Lipinski definition) is 9. The van der Waals surface area contributed by atoms with Crippen LogP contribution < -0.4 is 0 Å². The first kappa shape index (κ1) is 25.2. The zero-order valence-electron chi connectivity index (χ0n) is 20.9. The molecule has 9 heteroatoms. The summed E-state index contributed by atoms with van der Waals surface area (Å²) in [5.41, 5.74) is -0.820. The molecule has 2 bridgehead atoms. The molecule has 3 fully saturated rings. The summed E-state index contributed by atoms with van der Waals surface area (Å²) in [6.45, 7) is 6.34. The van der Waals surface area contributed by atoms with Crippen molar-refractivity contribution >= 4 is 17.9 Å². The summed E-state index contributed by atoms with van der Waals surface area (Å²) in [4.78, 5) is 37.6. The van der Waals surface area contributed by atoms with Crippen molar-refractivity contribution < 1.29 is 43.2 Å². The molecule has 9 nitrogen and oxygen atoms in total. The van der Waals surface area contributed by atoms with Gasteiger partial charge in [-0.2, -0.15) is 0 Å². The molecule has 0 aromatic carbocycles. The van der Waals surface area contributed by atoms with Crippen molar-refractivity contribution in [3.8, 4) is 0 Å². The maximum Gasteiger partial charge on any atom is 0.335 e. The van der Waals surface area contributed by atoms with Crippen LogP contribution in [0.1, 0.15) is 46.5 Å². The average molecular weight is 503 g/mol. The lowest BCUT2D eigenvalue weighted by molar-refractivity contribution is -0.243. The lowest BCUT2D eigenvalue weighted by Crippen LogP contribution is -2.67. The Bertz CT molecular complexity index is 1020. The smallest absolute Gasteiger partial charge is 0.335 e. The van der Waals surface area contributed by atoms with E-state index >= 15 is 0 Å². The van der Waals surface area contributed by atoms with Crippen molar-refractivity contribution in [1.82, 2.24) is 0 Å². The fourth-order valence-electron chi connectivity index (χ4n) is 6.66. The Morgan fingerprint density at radius 2 is 1.72 bits per heavy atom.